The van der Waals surface area contributed by atoms with Gasteiger partial charge in [0.1, 0.15) is 5.82 Å². The van der Waals surface area contributed by atoms with E-state index in [4.69, 9.17) is 4.98 Å². The van der Waals surface area contributed by atoms with E-state index in [1.54, 1.807) is 0 Å². The molecule has 4 heteroatoms. The zero-order valence-corrected chi connectivity index (χ0v) is 19.9. The summed E-state index contributed by atoms with van der Waals surface area (Å²) in [7, 11) is 0. The number of nitrogens with zero attached hydrogens (tertiary/aromatic N) is 3. The van der Waals surface area contributed by atoms with Gasteiger partial charge in [-0.2, -0.15) is 0 Å². The van der Waals surface area contributed by atoms with Crippen LogP contribution in [-0.2, 0) is 19.5 Å². The summed E-state index contributed by atoms with van der Waals surface area (Å²) in [6.45, 7) is 12.3. The van der Waals surface area contributed by atoms with Gasteiger partial charge in [-0.3, -0.25) is 4.79 Å². The molecule has 3 aromatic rings. The standard InChI is InChI=1S/C28H37N3O/c1-5-7-8-9-12-23-15-17-24(18-16-23)28(32)30(20-22(3)4)21-27-29-25-13-10-11-14-26(25)31(27)19-6-2/h6,10-11,13-18,22H,2,5,7-9,12,19-21H2,1,3-4H3. The Morgan fingerprint density at radius 2 is 1.84 bits per heavy atom. The molecule has 0 aliphatic carbocycles. The zero-order valence-electron chi connectivity index (χ0n) is 19.9. The van der Waals surface area contributed by atoms with Crippen molar-refractivity contribution < 1.29 is 4.79 Å². The summed E-state index contributed by atoms with van der Waals surface area (Å²) in [5.41, 5.74) is 4.08. The van der Waals surface area contributed by atoms with Crippen molar-refractivity contribution in [1.82, 2.24) is 14.5 Å². The van der Waals surface area contributed by atoms with Crippen molar-refractivity contribution in [2.24, 2.45) is 5.92 Å². The molecule has 0 radical (unpaired) electrons. The molecule has 0 saturated carbocycles. The molecule has 0 unspecified atom stereocenters. The van der Waals surface area contributed by atoms with Crippen LogP contribution in [-0.4, -0.2) is 26.9 Å². The van der Waals surface area contributed by atoms with Crippen LogP contribution < -0.4 is 0 Å². The van der Waals surface area contributed by atoms with Crippen LogP contribution in [0.25, 0.3) is 11.0 Å². The Balaban J connectivity index is 1.79. The van der Waals surface area contributed by atoms with Crippen molar-refractivity contribution in [3.8, 4) is 0 Å². The first kappa shape index (κ1) is 23.8. The molecule has 0 N–H and O–H groups in total. The van der Waals surface area contributed by atoms with E-state index in [1.165, 1.54) is 31.2 Å². The second kappa shape index (κ2) is 11.7. The Morgan fingerprint density at radius 1 is 1.09 bits per heavy atom. The van der Waals surface area contributed by atoms with Crippen molar-refractivity contribution in [1.29, 1.82) is 0 Å². The summed E-state index contributed by atoms with van der Waals surface area (Å²) in [6, 6.07) is 16.3. The molecule has 0 atom stereocenters. The van der Waals surface area contributed by atoms with Crippen LogP contribution in [0.5, 0.6) is 0 Å². The summed E-state index contributed by atoms with van der Waals surface area (Å²) < 4.78 is 2.16. The van der Waals surface area contributed by atoms with Gasteiger partial charge in [-0.05, 0) is 48.6 Å². The number of amides is 1. The summed E-state index contributed by atoms with van der Waals surface area (Å²) >= 11 is 0. The van der Waals surface area contributed by atoms with Gasteiger partial charge in [-0.15, -0.1) is 6.58 Å². The number of imidazole rings is 1. The van der Waals surface area contributed by atoms with E-state index in [2.05, 4.69) is 50.1 Å². The summed E-state index contributed by atoms with van der Waals surface area (Å²) in [4.78, 5) is 20.2. The lowest BCUT2D eigenvalue weighted by Crippen LogP contribution is -2.34. The highest BCUT2D eigenvalue weighted by Gasteiger charge is 2.20. The first-order valence-corrected chi connectivity index (χ1v) is 12.0. The summed E-state index contributed by atoms with van der Waals surface area (Å²) in [5, 5.41) is 0. The van der Waals surface area contributed by atoms with Crippen molar-refractivity contribution in [2.45, 2.75) is 66.0 Å². The fourth-order valence-electron chi connectivity index (χ4n) is 4.16. The third-order valence-corrected chi connectivity index (χ3v) is 5.77. The van der Waals surface area contributed by atoms with Crippen molar-refractivity contribution in [2.75, 3.05) is 6.54 Å². The predicted molar refractivity (Wildman–Crippen MR) is 134 cm³/mol. The van der Waals surface area contributed by atoms with Crippen LogP contribution in [0.2, 0.25) is 0 Å². The number of hydrogen-bond donors (Lipinski definition) is 0. The SMILES string of the molecule is C=CCn1c(CN(CC(C)C)C(=O)c2ccc(CCCCCC)cc2)nc2ccccc21. The number of carbonyl (C=O) groups excluding carboxylic acids is 1. The Bertz CT molecular complexity index is 1020. The van der Waals surface area contributed by atoms with Gasteiger partial charge in [-0.25, -0.2) is 4.98 Å². The van der Waals surface area contributed by atoms with Gasteiger partial charge >= 0.3 is 0 Å². The lowest BCUT2D eigenvalue weighted by molar-refractivity contribution is 0.0716. The number of benzene rings is 2. The highest BCUT2D eigenvalue weighted by atomic mass is 16.2. The number of carbonyl (C=O) groups is 1. The van der Waals surface area contributed by atoms with Crippen molar-refractivity contribution in [3.63, 3.8) is 0 Å². The van der Waals surface area contributed by atoms with Crippen LogP contribution in [0.1, 0.15) is 68.2 Å². The first-order valence-electron chi connectivity index (χ1n) is 12.0. The monoisotopic (exact) mass is 431 g/mol. The molecule has 2 aromatic carbocycles. The molecule has 1 heterocycles. The summed E-state index contributed by atoms with van der Waals surface area (Å²) in [5.74, 6) is 1.33. The van der Waals surface area contributed by atoms with Gasteiger partial charge in [0.25, 0.3) is 5.91 Å². The van der Waals surface area contributed by atoms with Crippen LogP contribution in [0.3, 0.4) is 0 Å². The smallest absolute Gasteiger partial charge is 0.254 e. The number of hydrogen-bond acceptors (Lipinski definition) is 2. The fourth-order valence-corrected chi connectivity index (χ4v) is 4.16. The molecule has 4 nitrogen and oxygen atoms in total. The number of rotatable bonds is 12. The number of para-hydroxylation sites is 2. The Morgan fingerprint density at radius 3 is 2.53 bits per heavy atom. The van der Waals surface area contributed by atoms with Crippen LogP contribution in [0.15, 0.2) is 61.2 Å². The molecule has 170 valence electrons. The topological polar surface area (TPSA) is 38.1 Å². The average Bonchev–Trinajstić information content (AvgIpc) is 3.13. The Hall–Kier alpha value is -2.88. The number of aromatic nitrogens is 2. The second-order valence-electron chi connectivity index (χ2n) is 9.00. The minimum atomic E-state index is 0.0634. The lowest BCUT2D eigenvalue weighted by atomic mass is 10.0. The number of unbranched alkanes of at least 4 members (excludes halogenated alkanes) is 3. The highest BCUT2D eigenvalue weighted by molar-refractivity contribution is 5.94. The van der Waals surface area contributed by atoms with E-state index >= 15 is 0 Å². The van der Waals surface area contributed by atoms with Gasteiger partial charge in [-0.1, -0.05) is 70.4 Å². The quantitative estimate of drug-likeness (QED) is 0.238. The van der Waals surface area contributed by atoms with Gasteiger partial charge < -0.3 is 9.47 Å². The fraction of sp³-hybridized carbons (Fsp3) is 0.429. The van der Waals surface area contributed by atoms with Crippen molar-refractivity contribution in [3.05, 3.63) is 78.1 Å². The molecule has 0 fully saturated rings. The Kier molecular flexibility index (Phi) is 8.66. The summed E-state index contributed by atoms with van der Waals surface area (Å²) in [6.07, 6.45) is 7.98. The molecule has 0 saturated heterocycles. The van der Waals surface area contributed by atoms with Gasteiger partial charge in [0, 0.05) is 18.7 Å². The third-order valence-electron chi connectivity index (χ3n) is 5.77. The lowest BCUT2D eigenvalue weighted by Gasteiger charge is -2.25. The first-order chi connectivity index (χ1) is 15.5. The molecular weight excluding hydrogens is 394 g/mol. The maximum atomic E-state index is 13.4. The number of fused-ring (bicyclic) bond motifs is 1. The number of allylic oxidation sites excluding steroid dienone is 1. The molecule has 0 bridgehead atoms. The predicted octanol–water partition coefficient (Wildman–Crippen LogP) is 6.64. The molecule has 1 amide bonds. The minimum Gasteiger partial charge on any atom is -0.331 e. The maximum Gasteiger partial charge on any atom is 0.254 e. The normalized spacial score (nSPS) is 11.2. The molecule has 0 aliphatic rings. The minimum absolute atomic E-state index is 0.0634. The molecule has 32 heavy (non-hydrogen) atoms. The van der Waals surface area contributed by atoms with E-state index in [1.807, 2.05) is 41.3 Å². The molecule has 0 aliphatic heterocycles. The van der Waals surface area contributed by atoms with Crippen LogP contribution in [0, 0.1) is 5.92 Å². The van der Waals surface area contributed by atoms with E-state index in [0.717, 1.165) is 28.8 Å². The van der Waals surface area contributed by atoms with Gasteiger partial charge in [0.2, 0.25) is 0 Å². The van der Waals surface area contributed by atoms with Gasteiger partial charge in [0.05, 0.1) is 17.6 Å². The van der Waals surface area contributed by atoms with E-state index in [9.17, 15) is 4.79 Å². The van der Waals surface area contributed by atoms with Crippen LogP contribution in [0.4, 0.5) is 0 Å². The second-order valence-corrected chi connectivity index (χ2v) is 9.00. The van der Waals surface area contributed by atoms with E-state index in [0.29, 0.717) is 25.6 Å². The van der Waals surface area contributed by atoms with E-state index < -0.39 is 0 Å². The zero-order chi connectivity index (χ0) is 22.9. The van der Waals surface area contributed by atoms with Crippen LogP contribution >= 0.6 is 0 Å². The molecule has 3 rings (SSSR count). The van der Waals surface area contributed by atoms with Gasteiger partial charge in [0.15, 0.2) is 0 Å². The average molecular weight is 432 g/mol. The Labute approximate surface area is 193 Å². The maximum absolute atomic E-state index is 13.4. The van der Waals surface area contributed by atoms with Crippen molar-refractivity contribution >= 4 is 16.9 Å². The highest BCUT2D eigenvalue weighted by Crippen LogP contribution is 2.20. The molecule has 1 aromatic heterocycles. The number of aryl methyl sites for hydroxylation is 1. The molecule has 0 spiro atoms. The molecular formula is C28H37N3O. The third kappa shape index (κ3) is 6.09. The van der Waals surface area contributed by atoms with E-state index in [-0.39, 0.29) is 5.91 Å². The largest absolute Gasteiger partial charge is 0.331 e.